The molecule has 26 heavy (non-hydrogen) atoms. The number of H-pyrrole nitrogens is 1. The van der Waals surface area contributed by atoms with E-state index >= 15 is 0 Å². The van der Waals surface area contributed by atoms with E-state index in [-0.39, 0.29) is 23.4 Å². The Morgan fingerprint density at radius 3 is 3.00 bits per heavy atom. The zero-order valence-corrected chi connectivity index (χ0v) is 15.7. The molecule has 1 saturated carbocycles. The molecular weight excluding hydrogens is 370 g/mol. The number of nitrogens with one attached hydrogen (secondary N) is 2. The first kappa shape index (κ1) is 17.2. The minimum atomic E-state index is -0.140. The highest BCUT2D eigenvalue weighted by atomic mass is 32.2. The first-order valence-corrected chi connectivity index (χ1v) is 10.1. The largest absolute Gasteiger partial charge is 0.353 e. The van der Waals surface area contributed by atoms with Crippen LogP contribution >= 0.6 is 23.1 Å². The van der Waals surface area contributed by atoms with Gasteiger partial charge < -0.3 is 10.3 Å². The minimum Gasteiger partial charge on any atom is -0.353 e. The van der Waals surface area contributed by atoms with E-state index in [2.05, 4.69) is 31.3 Å². The molecule has 9 heteroatoms. The summed E-state index contributed by atoms with van der Waals surface area (Å²) in [6, 6.07) is 3.73. The Morgan fingerprint density at radius 1 is 1.35 bits per heavy atom. The lowest BCUT2D eigenvalue weighted by Crippen LogP contribution is -2.44. The Bertz CT molecular complexity index is 1010. The maximum Gasteiger partial charge on any atom is 0.250 e. The number of aromatic amines is 1. The number of thioether (sulfide) groups is 1. The van der Waals surface area contributed by atoms with E-state index in [1.165, 1.54) is 29.0 Å². The maximum atomic E-state index is 12.2. The molecule has 0 atom stereocenters. The molecule has 134 valence electrons. The Labute approximate surface area is 157 Å². The summed E-state index contributed by atoms with van der Waals surface area (Å²) in [4.78, 5) is 41.0. The van der Waals surface area contributed by atoms with Gasteiger partial charge in [-0.15, -0.1) is 11.3 Å². The molecule has 0 spiro atoms. The van der Waals surface area contributed by atoms with Crippen molar-refractivity contribution in [2.24, 2.45) is 0 Å². The van der Waals surface area contributed by atoms with Crippen molar-refractivity contribution < 1.29 is 4.79 Å². The third-order valence-electron chi connectivity index (χ3n) is 4.38. The predicted molar refractivity (Wildman–Crippen MR) is 102 cm³/mol. The van der Waals surface area contributed by atoms with Gasteiger partial charge in [0.05, 0.1) is 17.8 Å². The molecule has 7 nitrogen and oxygen atoms in total. The summed E-state index contributed by atoms with van der Waals surface area (Å²) in [5.41, 5.74) is 0.656. The van der Waals surface area contributed by atoms with Crippen LogP contribution in [-0.4, -0.2) is 37.6 Å². The number of aryl methyl sites for hydroxylation is 1. The molecule has 0 saturated heterocycles. The summed E-state index contributed by atoms with van der Waals surface area (Å²) in [7, 11) is 0. The molecule has 1 amide bonds. The number of hydrogen-bond acceptors (Lipinski definition) is 7. The molecule has 0 radical (unpaired) electrons. The molecule has 1 aliphatic carbocycles. The van der Waals surface area contributed by atoms with Crippen molar-refractivity contribution in [2.75, 3.05) is 5.75 Å². The van der Waals surface area contributed by atoms with Crippen molar-refractivity contribution >= 4 is 39.2 Å². The Kier molecular flexibility index (Phi) is 4.73. The first-order valence-electron chi connectivity index (χ1n) is 8.26. The fourth-order valence-corrected chi connectivity index (χ4v) is 4.75. The predicted octanol–water partition coefficient (Wildman–Crippen LogP) is 2.24. The summed E-state index contributed by atoms with van der Waals surface area (Å²) in [6.07, 6.45) is 4.60. The molecule has 0 aliphatic heterocycles. The van der Waals surface area contributed by atoms with Crippen LogP contribution in [0.5, 0.6) is 0 Å². The van der Waals surface area contributed by atoms with E-state index in [0.29, 0.717) is 5.75 Å². The van der Waals surface area contributed by atoms with E-state index < -0.39 is 0 Å². The Balaban J connectivity index is 1.29. The zero-order chi connectivity index (χ0) is 18.1. The number of fused-ring (bicyclic) bond motifs is 1. The van der Waals surface area contributed by atoms with Gasteiger partial charge in [-0.1, -0.05) is 11.8 Å². The molecule has 2 N–H and O–H groups in total. The van der Waals surface area contributed by atoms with Crippen LogP contribution in [0.3, 0.4) is 0 Å². The van der Waals surface area contributed by atoms with Gasteiger partial charge in [0.1, 0.15) is 16.2 Å². The second-order valence-electron chi connectivity index (χ2n) is 6.31. The normalized spacial score (nSPS) is 19.3. The van der Waals surface area contributed by atoms with Crippen molar-refractivity contribution in [1.29, 1.82) is 0 Å². The fourth-order valence-electron chi connectivity index (χ4n) is 3.06. The lowest BCUT2D eigenvalue weighted by molar-refractivity contribution is -0.119. The van der Waals surface area contributed by atoms with E-state index in [9.17, 15) is 9.59 Å². The van der Waals surface area contributed by atoms with Crippen LogP contribution in [0, 0.1) is 6.92 Å². The second kappa shape index (κ2) is 7.16. The minimum absolute atomic E-state index is 0.00367. The lowest BCUT2D eigenvalue weighted by atomic mass is 9.78. The first-order chi connectivity index (χ1) is 12.6. The SMILES string of the molecule is Cc1cc2c(SCC(=O)NC3CC(c4cc(=O)[nH]cn4)C3)ncnc2s1. The monoisotopic (exact) mass is 387 g/mol. The highest BCUT2D eigenvalue weighted by Crippen LogP contribution is 2.35. The average Bonchev–Trinajstić information content (AvgIpc) is 2.96. The fraction of sp³-hybridized carbons (Fsp3) is 0.353. The van der Waals surface area contributed by atoms with E-state index in [4.69, 9.17) is 0 Å². The van der Waals surface area contributed by atoms with Crippen LogP contribution in [-0.2, 0) is 4.79 Å². The quantitative estimate of drug-likeness (QED) is 0.514. The van der Waals surface area contributed by atoms with Crippen molar-refractivity contribution in [3.8, 4) is 0 Å². The van der Waals surface area contributed by atoms with E-state index in [1.807, 2.05) is 6.92 Å². The van der Waals surface area contributed by atoms with Gasteiger partial charge in [-0.05, 0) is 25.8 Å². The average molecular weight is 387 g/mol. The summed E-state index contributed by atoms with van der Waals surface area (Å²) in [5, 5.41) is 4.89. The molecule has 3 aromatic rings. The van der Waals surface area contributed by atoms with Gasteiger partial charge in [-0.3, -0.25) is 9.59 Å². The highest BCUT2D eigenvalue weighted by Gasteiger charge is 2.32. The van der Waals surface area contributed by atoms with Gasteiger partial charge >= 0.3 is 0 Å². The number of amides is 1. The Hall–Kier alpha value is -2.26. The van der Waals surface area contributed by atoms with Crippen LogP contribution in [0.1, 0.15) is 29.3 Å². The second-order valence-corrected chi connectivity index (χ2v) is 8.51. The van der Waals surface area contributed by atoms with Crippen molar-refractivity contribution in [2.45, 2.75) is 36.8 Å². The molecule has 3 heterocycles. The molecule has 1 aliphatic rings. The van der Waals surface area contributed by atoms with Gasteiger partial charge in [0.25, 0.3) is 5.56 Å². The van der Waals surface area contributed by atoms with Crippen LogP contribution < -0.4 is 10.9 Å². The van der Waals surface area contributed by atoms with Crippen LogP contribution in [0.15, 0.2) is 34.6 Å². The molecular formula is C17H17N5O2S2. The number of thiophene rings is 1. The maximum absolute atomic E-state index is 12.2. The summed E-state index contributed by atoms with van der Waals surface area (Å²) >= 11 is 3.06. The van der Waals surface area contributed by atoms with Gasteiger partial charge in [0.15, 0.2) is 0 Å². The van der Waals surface area contributed by atoms with Gasteiger partial charge in [0.2, 0.25) is 5.91 Å². The van der Waals surface area contributed by atoms with Crippen molar-refractivity contribution in [1.82, 2.24) is 25.3 Å². The summed E-state index contributed by atoms with van der Waals surface area (Å²) in [6.45, 7) is 2.04. The van der Waals surface area contributed by atoms with Crippen LogP contribution in [0.2, 0.25) is 0 Å². The number of aromatic nitrogens is 4. The highest BCUT2D eigenvalue weighted by molar-refractivity contribution is 8.00. The van der Waals surface area contributed by atoms with Crippen molar-refractivity contribution in [3.63, 3.8) is 0 Å². The third-order valence-corrected chi connectivity index (χ3v) is 6.34. The Morgan fingerprint density at radius 2 is 2.19 bits per heavy atom. The lowest BCUT2D eigenvalue weighted by Gasteiger charge is -2.35. The molecule has 0 aromatic carbocycles. The van der Waals surface area contributed by atoms with Gasteiger partial charge in [-0.2, -0.15) is 0 Å². The number of carbonyl (C=O) groups excluding carboxylic acids is 1. The number of rotatable bonds is 5. The molecule has 4 rings (SSSR count). The third kappa shape index (κ3) is 3.63. The molecule has 0 unspecified atom stereocenters. The van der Waals surface area contributed by atoms with Gasteiger partial charge in [-0.25, -0.2) is 15.0 Å². The van der Waals surface area contributed by atoms with E-state index in [1.54, 1.807) is 17.7 Å². The van der Waals surface area contributed by atoms with Gasteiger partial charge in [0, 0.05) is 28.3 Å². The molecule has 3 aromatic heterocycles. The summed E-state index contributed by atoms with van der Waals surface area (Å²) in [5.74, 6) is 0.562. The molecule has 1 fully saturated rings. The van der Waals surface area contributed by atoms with Crippen molar-refractivity contribution in [3.05, 3.63) is 45.7 Å². The number of carbonyl (C=O) groups is 1. The standard InChI is InChI=1S/C17H17N5O2S2/c1-9-2-12-16(20-8-21-17(12)26-9)25-6-15(24)22-11-3-10(4-11)13-5-14(23)19-7-18-13/h2,5,7-8,10-11H,3-4,6H2,1H3,(H,22,24)(H,18,19,23). The zero-order valence-electron chi connectivity index (χ0n) is 14.1. The van der Waals surface area contributed by atoms with Crippen LogP contribution in [0.4, 0.5) is 0 Å². The topological polar surface area (TPSA) is 101 Å². The summed E-state index contributed by atoms with van der Waals surface area (Å²) < 4.78 is 0. The number of hydrogen-bond donors (Lipinski definition) is 2. The van der Waals surface area contributed by atoms with Crippen LogP contribution in [0.25, 0.3) is 10.2 Å². The smallest absolute Gasteiger partial charge is 0.250 e. The van der Waals surface area contributed by atoms with E-state index in [0.717, 1.165) is 33.8 Å². The number of nitrogens with zero attached hydrogens (tertiary/aromatic N) is 3. The molecule has 0 bridgehead atoms.